The summed E-state index contributed by atoms with van der Waals surface area (Å²) in [7, 11) is 0. The number of benzene rings is 1. The highest BCUT2D eigenvalue weighted by Gasteiger charge is 2.40. The van der Waals surface area contributed by atoms with Crippen LogP contribution >= 0.6 is 0 Å². The Morgan fingerprint density at radius 3 is 2.39 bits per heavy atom. The van der Waals surface area contributed by atoms with Gasteiger partial charge in [0.05, 0.1) is 24.9 Å². The zero-order chi connectivity index (χ0) is 31.6. The van der Waals surface area contributed by atoms with Gasteiger partial charge in [-0.1, -0.05) is 42.5 Å². The molecule has 1 aromatic carbocycles. The third-order valence-corrected chi connectivity index (χ3v) is 9.07. The van der Waals surface area contributed by atoms with Crippen LogP contribution in [0.15, 0.2) is 42.5 Å². The van der Waals surface area contributed by atoms with Crippen LogP contribution in [0.2, 0.25) is 0 Å². The van der Waals surface area contributed by atoms with Crippen LogP contribution in [0, 0.1) is 22.0 Å². The highest BCUT2D eigenvalue weighted by atomic mass is 16.9. The quantitative estimate of drug-likeness (QED) is 0.0706. The van der Waals surface area contributed by atoms with E-state index in [1.807, 2.05) is 18.2 Å². The van der Waals surface area contributed by atoms with Crippen molar-refractivity contribution in [1.29, 1.82) is 0 Å². The maximum atomic E-state index is 12.2. The lowest BCUT2D eigenvalue weighted by Gasteiger charge is -2.34. The van der Waals surface area contributed by atoms with E-state index < -0.39 is 23.4 Å². The molecule has 0 bridgehead atoms. The molecule has 4 N–H and O–H groups in total. The van der Waals surface area contributed by atoms with E-state index in [0.29, 0.717) is 51.5 Å². The van der Waals surface area contributed by atoms with Crippen molar-refractivity contribution in [2.24, 2.45) is 11.8 Å². The van der Waals surface area contributed by atoms with Gasteiger partial charge < -0.3 is 35.3 Å². The minimum absolute atomic E-state index is 0.00998. The normalized spacial score (nSPS) is 23.6. The van der Waals surface area contributed by atoms with Gasteiger partial charge >= 0.3 is 0 Å². The molecular weight excluding hydrogens is 564 g/mol. The molecular formula is C33H54N4O7. The standard InChI is InChI=1S/C33H54N4O7/c38-28(15-14-27-10-4-3-5-11-27)16-17-30-29(31(39)26-32(30)40)12-6-1-2-7-13-33(41)34-18-8-19-35-21-23-36(24-22-35)20-9-25-44-37(42)43/h1,3-6,10-11,28-32,38-40H,2,7-9,12-26H2,(H,34,41)/b6-1-/t28-,29+,30+,31-,32+/m0/s1. The molecule has 0 aromatic heterocycles. The van der Waals surface area contributed by atoms with Crippen LogP contribution in [-0.4, -0.2) is 107 Å². The van der Waals surface area contributed by atoms with Crippen LogP contribution in [0.25, 0.3) is 0 Å². The molecule has 11 nitrogen and oxygen atoms in total. The van der Waals surface area contributed by atoms with Gasteiger partial charge in [-0.3, -0.25) is 4.79 Å². The van der Waals surface area contributed by atoms with Crippen molar-refractivity contribution in [3.8, 4) is 0 Å². The predicted octanol–water partition coefficient (Wildman–Crippen LogP) is 2.96. The van der Waals surface area contributed by atoms with Crippen molar-refractivity contribution < 1.29 is 30.0 Å². The van der Waals surface area contributed by atoms with Crippen molar-refractivity contribution in [2.45, 2.75) is 88.9 Å². The second-order valence-electron chi connectivity index (χ2n) is 12.4. The number of piperazine rings is 1. The van der Waals surface area contributed by atoms with Gasteiger partial charge in [0.2, 0.25) is 5.91 Å². The molecule has 11 heteroatoms. The number of aliphatic hydroxyl groups is 3. The largest absolute Gasteiger partial charge is 0.393 e. The topological polar surface area (TPSA) is 149 Å². The average molecular weight is 619 g/mol. The molecule has 1 amide bonds. The number of carbonyl (C=O) groups excluding carboxylic acids is 1. The first-order valence-corrected chi connectivity index (χ1v) is 16.5. The molecule has 0 spiro atoms. The van der Waals surface area contributed by atoms with Gasteiger partial charge in [0.15, 0.2) is 0 Å². The van der Waals surface area contributed by atoms with E-state index >= 15 is 0 Å². The van der Waals surface area contributed by atoms with Gasteiger partial charge in [-0.05, 0) is 88.2 Å². The van der Waals surface area contributed by atoms with Crippen molar-refractivity contribution in [3.05, 3.63) is 58.2 Å². The zero-order valence-corrected chi connectivity index (χ0v) is 26.2. The number of hydrogen-bond donors (Lipinski definition) is 4. The van der Waals surface area contributed by atoms with Crippen molar-refractivity contribution in [1.82, 2.24) is 15.1 Å². The van der Waals surface area contributed by atoms with Crippen LogP contribution in [0.4, 0.5) is 0 Å². The van der Waals surface area contributed by atoms with Crippen molar-refractivity contribution >= 4 is 5.91 Å². The van der Waals surface area contributed by atoms with E-state index in [-0.39, 0.29) is 24.3 Å². The van der Waals surface area contributed by atoms with Crippen LogP contribution < -0.4 is 5.32 Å². The number of allylic oxidation sites excluding steroid dienone is 2. The number of unbranched alkanes of at least 4 members (excludes halogenated alkanes) is 1. The van der Waals surface area contributed by atoms with Crippen LogP contribution in [0.1, 0.15) is 69.8 Å². The minimum atomic E-state index is -0.745. The molecule has 1 aromatic rings. The Hall–Kier alpha value is -2.57. The molecule has 1 saturated carbocycles. The minimum Gasteiger partial charge on any atom is -0.393 e. The lowest BCUT2D eigenvalue weighted by molar-refractivity contribution is -0.757. The summed E-state index contributed by atoms with van der Waals surface area (Å²) in [6, 6.07) is 10.1. The maximum absolute atomic E-state index is 12.2. The monoisotopic (exact) mass is 618 g/mol. The summed E-state index contributed by atoms with van der Waals surface area (Å²) in [6.45, 7) is 6.36. The van der Waals surface area contributed by atoms with Gasteiger partial charge in [-0.2, -0.15) is 0 Å². The fraction of sp³-hybridized carbons (Fsp3) is 0.727. The van der Waals surface area contributed by atoms with Gasteiger partial charge in [0.25, 0.3) is 5.09 Å². The molecule has 2 aliphatic rings. The summed E-state index contributed by atoms with van der Waals surface area (Å²) in [5.74, 6) is 0.0445. The second-order valence-corrected chi connectivity index (χ2v) is 12.4. The summed E-state index contributed by atoms with van der Waals surface area (Å²) < 4.78 is 0. The Morgan fingerprint density at radius 1 is 1.00 bits per heavy atom. The Bertz CT molecular complexity index is 974. The van der Waals surface area contributed by atoms with Gasteiger partial charge in [-0.15, -0.1) is 10.1 Å². The number of rotatable bonds is 21. The van der Waals surface area contributed by atoms with Crippen molar-refractivity contribution in [2.75, 3.05) is 52.4 Å². The molecule has 1 heterocycles. The molecule has 0 unspecified atom stereocenters. The summed E-state index contributed by atoms with van der Waals surface area (Å²) in [4.78, 5) is 31.5. The van der Waals surface area contributed by atoms with Crippen LogP contribution in [0.5, 0.6) is 0 Å². The number of aliphatic hydroxyl groups excluding tert-OH is 3. The first kappa shape index (κ1) is 35.9. The first-order valence-electron chi connectivity index (χ1n) is 16.5. The molecule has 248 valence electrons. The summed E-state index contributed by atoms with van der Waals surface area (Å²) in [5.41, 5.74) is 1.21. The highest BCUT2D eigenvalue weighted by molar-refractivity contribution is 5.75. The molecule has 44 heavy (non-hydrogen) atoms. The van der Waals surface area contributed by atoms with E-state index in [4.69, 9.17) is 0 Å². The second kappa shape index (κ2) is 20.5. The Kier molecular flexibility index (Phi) is 16.7. The molecule has 3 rings (SSSR count). The maximum Gasteiger partial charge on any atom is 0.294 e. The third kappa shape index (κ3) is 14.0. The van der Waals surface area contributed by atoms with E-state index in [2.05, 4.69) is 44.2 Å². The van der Waals surface area contributed by atoms with Crippen LogP contribution in [-0.2, 0) is 16.1 Å². The van der Waals surface area contributed by atoms with Crippen LogP contribution in [0.3, 0.4) is 0 Å². The fourth-order valence-electron chi connectivity index (χ4n) is 6.45. The van der Waals surface area contributed by atoms with E-state index in [1.54, 1.807) is 0 Å². The van der Waals surface area contributed by atoms with E-state index in [1.165, 1.54) is 5.56 Å². The Balaban J connectivity index is 1.20. The van der Waals surface area contributed by atoms with E-state index in [0.717, 1.165) is 65.0 Å². The third-order valence-electron chi connectivity index (χ3n) is 9.07. The molecule has 1 aliphatic carbocycles. The van der Waals surface area contributed by atoms with Crippen molar-refractivity contribution in [3.63, 3.8) is 0 Å². The number of nitrogens with one attached hydrogen (secondary N) is 1. The molecule has 1 aliphatic heterocycles. The first-order chi connectivity index (χ1) is 21.3. The molecule has 2 fully saturated rings. The smallest absolute Gasteiger partial charge is 0.294 e. The lowest BCUT2D eigenvalue weighted by atomic mass is 9.85. The Morgan fingerprint density at radius 2 is 1.68 bits per heavy atom. The summed E-state index contributed by atoms with van der Waals surface area (Å²) in [6.07, 6.45) is 10.2. The van der Waals surface area contributed by atoms with Gasteiger partial charge in [0.1, 0.15) is 0 Å². The molecule has 5 atom stereocenters. The predicted molar refractivity (Wildman–Crippen MR) is 169 cm³/mol. The SMILES string of the molecule is O=C(CCC/C=C\C[C@@H]1[C@@H](CC[C@@H](O)CCc2ccccc2)[C@H](O)C[C@@H]1O)NCCCN1CCN(CCCO[N+](=O)[O-])CC1. The van der Waals surface area contributed by atoms with Gasteiger partial charge in [-0.25, -0.2) is 0 Å². The average Bonchev–Trinajstić information content (AvgIpc) is 3.29. The van der Waals surface area contributed by atoms with E-state index in [9.17, 15) is 30.2 Å². The number of amides is 1. The highest BCUT2D eigenvalue weighted by Crippen LogP contribution is 2.38. The zero-order valence-electron chi connectivity index (χ0n) is 26.2. The number of carbonyl (C=O) groups is 1. The summed E-state index contributed by atoms with van der Waals surface area (Å²) >= 11 is 0. The lowest BCUT2D eigenvalue weighted by Crippen LogP contribution is -2.47. The summed E-state index contributed by atoms with van der Waals surface area (Å²) in [5, 5.41) is 44.0. The number of nitrogens with zero attached hydrogens (tertiary/aromatic N) is 3. The number of hydrogen-bond acceptors (Lipinski definition) is 9. The molecule has 1 saturated heterocycles. The fourth-order valence-corrected chi connectivity index (χ4v) is 6.45. The van der Waals surface area contributed by atoms with Gasteiger partial charge in [0, 0.05) is 45.7 Å². The Labute approximate surface area is 262 Å². The molecule has 0 radical (unpaired) electrons. The number of aryl methyl sites for hydroxylation is 1.